The molecule has 1 amide bonds. The van der Waals surface area contributed by atoms with Crippen molar-refractivity contribution in [2.45, 2.75) is 32.4 Å². The molecule has 0 aliphatic heterocycles. The smallest absolute Gasteiger partial charge is 0.237 e. The van der Waals surface area contributed by atoms with Gasteiger partial charge in [-0.1, -0.05) is 6.92 Å². The lowest BCUT2D eigenvalue weighted by molar-refractivity contribution is -0.122. The van der Waals surface area contributed by atoms with Crippen molar-refractivity contribution in [1.82, 2.24) is 5.32 Å². The van der Waals surface area contributed by atoms with Crippen LogP contribution in [0.5, 0.6) is 0 Å². The van der Waals surface area contributed by atoms with Crippen molar-refractivity contribution in [1.29, 1.82) is 0 Å². The molecule has 7 heteroatoms. The quantitative estimate of drug-likeness (QED) is 0.775. The molecule has 1 unspecified atom stereocenters. The maximum atomic E-state index is 11.7. The number of hydrogen-bond donors (Lipinski definition) is 2. The molecule has 0 bridgehead atoms. The molecular weight excluding hydrogens is 284 g/mol. The fraction of sp³-hybridized carbons (Fsp3) is 0.583. The first-order valence-electron chi connectivity index (χ1n) is 6.09. The van der Waals surface area contributed by atoms with Gasteiger partial charge in [-0.25, -0.2) is 8.42 Å². The van der Waals surface area contributed by atoms with Crippen LogP contribution in [-0.4, -0.2) is 32.4 Å². The molecule has 1 aromatic heterocycles. The highest BCUT2D eigenvalue weighted by molar-refractivity contribution is 7.90. The van der Waals surface area contributed by atoms with Crippen LogP contribution in [-0.2, 0) is 27.6 Å². The first-order chi connectivity index (χ1) is 8.83. The average Bonchev–Trinajstić information content (AvgIpc) is 2.79. The molecule has 108 valence electrons. The molecule has 19 heavy (non-hydrogen) atoms. The highest BCUT2D eigenvalue weighted by atomic mass is 32.2. The van der Waals surface area contributed by atoms with Crippen LogP contribution >= 0.6 is 11.3 Å². The predicted octanol–water partition coefficient (Wildman–Crippen LogP) is 0.689. The molecular formula is C12H20N2O3S2. The predicted molar refractivity (Wildman–Crippen MR) is 77.8 cm³/mol. The van der Waals surface area contributed by atoms with Crippen LogP contribution in [0.25, 0.3) is 0 Å². The van der Waals surface area contributed by atoms with Gasteiger partial charge in [0.15, 0.2) is 0 Å². The third kappa shape index (κ3) is 5.71. The van der Waals surface area contributed by atoms with Crippen LogP contribution in [0, 0.1) is 0 Å². The lowest BCUT2D eigenvalue weighted by Gasteiger charge is -2.11. The molecule has 1 aromatic rings. The number of nitrogens with one attached hydrogen (secondary N) is 1. The second-order valence-electron chi connectivity index (χ2n) is 4.47. The number of carbonyl (C=O) groups excluding carboxylic acids is 1. The number of amides is 1. The van der Waals surface area contributed by atoms with Crippen LogP contribution < -0.4 is 11.1 Å². The first kappa shape index (κ1) is 16.1. The maximum Gasteiger partial charge on any atom is 0.237 e. The van der Waals surface area contributed by atoms with E-state index in [0.29, 0.717) is 6.54 Å². The highest BCUT2D eigenvalue weighted by Crippen LogP contribution is 2.16. The Bertz CT molecular complexity index is 523. The summed E-state index contributed by atoms with van der Waals surface area (Å²) in [7, 11) is -3.08. The number of thiophene rings is 1. The molecule has 1 heterocycles. The van der Waals surface area contributed by atoms with Crippen molar-refractivity contribution >= 4 is 27.1 Å². The summed E-state index contributed by atoms with van der Waals surface area (Å²) in [5, 5.41) is 4.74. The molecule has 0 spiro atoms. The maximum absolute atomic E-state index is 11.7. The summed E-state index contributed by atoms with van der Waals surface area (Å²) < 4.78 is 22.0. The summed E-state index contributed by atoms with van der Waals surface area (Å²) >= 11 is 1.59. The summed E-state index contributed by atoms with van der Waals surface area (Å²) in [4.78, 5) is 12.8. The molecule has 0 saturated heterocycles. The lowest BCUT2D eigenvalue weighted by atomic mass is 10.2. The van der Waals surface area contributed by atoms with Gasteiger partial charge in [0.05, 0.1) is 18.3 Å². The summed E-state index contributed by atoms with van der Waals surface area (Å²) in [5.74, 6) is -0.375. The van der Waals surface area contributed by atoms with Gasteiger partial charge < -0.3 is 11.1 Å². The number of aryl methyl sites for hydroxylation is 1. The Labute approximate surface area is 118 Å². The van der Waals surface area contributed by atoms with Gasteiger partial charge in [-0.2, -0.15) is 0 Å². The average molecular weight is 304 g/mol. The molecule has 5 nitrogen and oxygen atoms in total. The van der Waals surface area contributed by atoms with E-state index in [0.717, 1.165) is 17.6 Å². The van der Waals surface area contributed by atoms with Crippen molar-refractivity contribution in [2.75, 3.05) is 12.0 Å². The lowest BCUT2D eigenvalue weighted by Crippen LogP contribution is -2.41. The number of hydrogen-bond acceptors (Lipinski definition) is 5. The monoisotopic (exact) mass is 304 g/mol. The second-order valence-corrected chi connectivity index (χ2v) is 7.73. The molecule has 3 N–H and O–H groups in total. The topological polar surface area (TPSA) is 89.3 Å². The van der Waals surface area contributed by atoms with Crippen molar-refractivity contribution < 1.29 is 13.2 Å². The third-order valence-electron chi connectivity index (χ3n) is 2.78. The Morgan fingerprint density at radius 1 is 1.53 bits per heavy atom. The number of nitrogens with two attached hydrogens (primary N) is 1. The highest BCUT2D eigenvalue weighted by Gasteiger charge is 2.16. The summed E-state index contributed by atoms with van der Waals surface area (Å²) in [6, 6.07) is 1.26. The Kier molecular flexibility index (Phi) is 5.96. The zero-order chi connectivity index (χ0) is 14.5. The number of carbonyl (C=O) groups is 1. The van der Waals surface area contributed by atoms with Crippen LogP contribution in [0.4, 0.5) is 0 Å². The van der Waals surface area contributed by atoms with E-state index in [1.54, 1.807) is 11.3 Å². The normalized spacial score (nSPS) is 13.2. The van der Waals surface area contributed by atoms with E-state index in [9.17, 15) is 13.2 Å². The minimum atomic E-state index is -3.08. The minimum absolute atomic E-state index is 0.0687. The van der Waals surface area contributed by atoms with E-state index in [-0.39, 0.29) is 18.1 Å². The first-order valence-corrected chi connectivity index (χ1v) is 9.03. The van der Waals surface area contributed by atoms with Gasteiger partial charge in [0.1, 0.15) is 9.84 Å². The molecule has 0 aliphatic rings. The summed E-state index contributed by atoms with van der Waals surface area (Å²) in [6.07, 6.45) is 2.21. The molecule has 0 saturated carbocycles. The molecule has 0 fully saturated rings. The molecule has 0 aliphatic carbocycles. The van der Waals surface area contributed by atoms with Gasteiger partial charge in [0, 0.05) is 11.1 Å². The van der Waals surface area contributed by atoms with E-state index in [2.05, 4.69) is 12.2 Å². The van der Waals surface area contributed by atoms with Crippen LogP contribution in [0.1, 0.15) is 23.8 Å². The number of sulfone groups is 1. The van der Waals surface area contributed by atoms with Crippen molar-refractivity contribution in [3.63, 3.8) is 0 Å². The SMILES string of the molecule is CCc1ccsc1CNC(=O)C(N)CCS(C)(=O)=O. The van der Waals surface area contributed by atoms with Crippen molar-refractivity contribution in [2.24, 2.45) is 5.73 Å². The van der Waals surface area contributed by atoms with Gasteiger partial charge in [-0.05, 0) is 29.9 Å². The van der Waals surface area contributed by atoms with E-state index < -0.39 is 15.9 Å². The van der Waals surface area contributed by atoms with Gasteiger partial charge >= 0.3 is 0 Å². The molecule has 1 rings (SSSR count). The van der Waals surface area contributed by atoms with Gasteiger partial charge in [0.2, 0.25) is 5.91 Å². The molecule has 0 radical (unpaired) electrons. The zero-order valence-electron chi connectivity index (χ0n) is 11.2. The fourth-order valence-electron chi connectivity index (χ4n) is 1.61. The summed E-state index contributed by atoms with van der Waals surface area (Å²) in [5.41, 5.74) is 6.88. The largest absolute Gasteiger partial charge is 0.350 e. The Balaban J connectivity index is 2.43. The summed E-state index contributed by atoms with van der Waals surface area (Å²) in [6.45, 7) is 2.51. The van der Waals surface area contributed by atoms with Gasteiger partial charge in [-0.15, -0.1) is 11.3 Å². The van der Waals surface area contributed by atoms with Gasteiger partial charge in [-0.3, -0.25) is 4.79 Å². The van der Waals surface area contributed by atoms with E-state index in [1.165, 1.54) is 5.56 Å². The standard InChI is InChI=1S/C12H20N2O3S2/c1-3-9-4-6-18-11(9)8-14-12(15)10(13)5-7-19(2,16)17/h4,6,10H,3,5,7-8,13H2,1-2H3,(H,14,15). The van der Waals surface area contributed by atoms with Crippen LogP contribution in [0.2, 0.25) is 0 Å². The number of rotatable bonds is 7. The second kappa shape index (κ2) is 7.02. The van der Waals surface area contributed by atoms with Gasteiger partial charge in [0.25, 0.3) is 0 Å². The minimum Gasteiger partial charge on any atom is -0.350 e. The van der Waals surface area contributed by atoms with Crippen molar-refractivity contribution in [3.8, 4) is 0 Å². The Morgan fingerprint density at radius 2 is 2.21 bits per heavy atom. The van der Waals surface area contributed by atoms with E-state index >= 15 is 0 Å². The zero-order valence-corrected chi connectivity index (χ0v) is 12.8. The molecule has 1 atom stereocenters. The van der Waals surface area contributed by atoms with E-state index in [4.69, 9.17) is 5.73 Å². The van der Waals surface area contributed by atoms with Crippen LogP contribution in [0.15, 0.2) is 11.4 Å². The Hall–Kier alpha value is -0.920. The fourth-order valence-corrected chi connectivity index (χ4v) is 3.21. The Morgan fingerprint density at radius 3 is 2.79 bits per heavy atom. The van der Waals surface area contributed by atoms with Crippen LogP contribution in [0.3, 0.4) is 0 Å². The van der Waals surface area contributed by atoms with E-state index in [1.807, 2.05) is 11.4 Å². The van der Waals surface area contributed by atoms with Crippen molar-refractivity contribution in [3.05, 3.63) is 21.9 Å². The third-order valence-corrected chi connectivity index (χ3v) is 4.72. The molecule has 0 aromatic carbocycles.